The average molecular weight is 498 g/mol. The molecule has 5 nitrogen and oxygen atoms in total. The van der Waals surface area contributed by atoms with Crippen molar-refractivity contribution in [2.75, 3.05) is 5.32 Å². The zero-order chi connectivity index (χ0) is 21.9. The summed E-state index contributed by atoms with van der Waals surface area (Å²) in [7, 11) is 0. The van der Waals surface area contributed by atoms with Crippen LogP contribution < -0.4 is 14.8 Å². The van der Waals surface area contributed by atoms with Crippen LogP contribution in [0.25, 0.3) is 11.1 Å². The van der Waals surface area contributed by atoms with E-state index < -0.39 is 6.29 Å². The van der Waals surface area contributed by atoms with Crippen LogP contribution in [0.3, 0.4) is 0 Å². The van der Waals surface area contributed by atoms with Crippen molar-refractivity contribution < 1.29 is 23.0 Å². The van der Waals surface area contributed by atoms with E-state index in [9.17, 15) is 13.6 Å². The largest absolute Gasteiger partial charge is 0.586 e. The Kier molecular flexibility index (Phi) is 6.58. The highest BCUT2D eigenvalue weighted by Crippen LogP contribution is 2.46. The van der Waals surface area contributed by atoms with Crippen molar-refractivity contribution >= 4 is 39.3 Å². The van der Waals surface area contributed by atoms with E-state index in [2.05, 4.69) is 35.7 Å². The fourth-order valence-electron chi connectivity index (χ4n) is 2.65. The lowest BCUT2D eigenvalue weighted by Crippen LogP contribution is -2.25. The van der Waals surface area contributed by atoms with Gasteiger partial charge >= 0.3 is 6.29 Å². The number of nitrogens with zero attached hydrogens (tertiary/aromatic N) is 1. The molecule has 0 atom stereocenters. The van der Waals surface area contributed by atoms with Crippen LogP contribution in [-0.4, -0.2) is 17.2 Å². The Morgan fingerprint density at radius 1 is 1.10 bits per heavy atom. The zero-order valence-electron chi connectivity index (χ0n) is 15.9. The first kappa shape index (κ1) is 22.0. The summed E-state index contributed by atoms with van der Waals surface area (Å²) in [6.45, 7) is 4.00. The number of ether oxygens (including phenoxy) is 2. The first-order valence-corrected chi connectivity index (χ1v) is 10.1. The smallest absolute Gasteiger partial charge is 0.395 e. The van der Waals surface area contributed by atoms with Gasteiger partial charge in [0.25, 0.3) is 5.91 Å². The number of carbonyl (C=O) groups is 1. The van der Waals surface area contributed by atoms with Gasteiger partial charge in [0.15, 0.2) is 11.5 Å². The Labute approximate surface area is 185 Å². The van der Waals surface area contributed by atoms with Gasteiger partial charge in [0.05, 0.1) is 10.6 Å². The molecule has 0 saturated heterocycles. The molecule has 2 aromatic carbocycles. The molecule has 0 saturated carbocycles. The molecule has 0 bridgehead atoms. The van der Waals surface area contributed by atoms with E-state index in [1.807, 2.05) is 13.8 Å². The first-order chi connectivity index (χ1) is 14.3. The van der Waals surface area contributed by atoms with Crippen LogP contribution in [0.5, 0.6) is 11.5 Å². The summed E-state index contributed by atoms with van der Waals surface area (Å²) in [5, 5.41) is 2.89. The topological polar surface area (TPSA) is 60.5 Å². The third-order valence-corrected chi connectivity index (χ3v) is 4.93. The Bertz CT molecular complexity index is 1080. The molecule has 1 aliphatic heterocycles. The van der Waals surface area contributed by atoms with Crippen LogP contribution in [0.2, 0.25) is 5.02 Å². The second-order valence-corrected chi connectivity index (χ2v) is 7.07. The Morgan fingerprint density at radius 2 is 1.77 bits per heavy atom. The molecule has 0 aliphatic carbocycles. The van der Waals surface area contributed by atoms with Crippen LogP contribution >= 0.6 is 27.5 Å². The lowest BCUT2D eigenvalue weighted by molar-refractivity contribution is -0.286. The number of hydrogen-bond donors (Lipinski definition) is 1. The van der Waals surface area contributed by atoms with Crippen molar-refractivity contribution in [1.82, 2.24) is 4.98 Å². The van der Waals surface area contributed by atoms with Crippen molar-refractivity contribution in [3.05, 3.63) is 69.8 Å². The summed E-state index contributed by atoms with van der Waals surface area (Å²) >= 11 is 9.50. The molecule has 156 valence electrons. The van der Waals surface area contributed by atoms with Gasteiger partial charge < -0.3 is 14.8 Å². The number of amides is 1. The highest BCUT2D eigenvalue weighted by Gasteiger charge is 2.43. The zero-order valence-corrected chi connectivity index (χ0v) is 18.2. The normalized spacial score (nSPS) is 13.3. The van der Waals surface area contributed by atoms with Crippen LogP contribution in [0.1, 0.15) is 24.2 Å². The number of hydrogen-bond acceptors (Lipinski definition) is 4. The number of pyridine rings is 1. The third-order valence-electron chi connectivity index (χ3n) is 3.93. The van der Waals surface area contributed by atoms with Gasteiger partial charge in [-0.25, -0.2) is 4.98 Å². The molecular weight excluding hydrogens is 482 g/mol. The maximum Gasteiger partial charge on any atom is 0.586 e. The predicted molar refractivity (Wildman–Crippen MR) is 114 cm³/mol. The number of anilines is 1. The summed E-state index contributed by atoms with van der Waals surface area (Å²) < 4.78 is 35.9. The molecule has 1 N–H and O–H groups in total. The molecule has 9 heteroatoms. The van der Waals surface area contributed by atoms with Crippen LogP contribution in [0, 0.1) is 0 Å². The van der Waals surface area contributed by atoms with E-state index in [-0.39, 0.29) is 22.4 Å². The average Bonchev–Trinajstić information content (AvgIpc) is 3.02. The Hall–Kier alpha value is -2.71. The second-order valence-electron chi connectivity index (χ2n) is 5.81. The summed E-state index contributed by atoms with van der Waals surface area (Å²) in [6.07, 6.45) is -2.25. The molecule has 1 aromatic heterocycles. The van der Waals surface area contributed by atoms with Gasteiger partial charge in [0.2, 0.25) is 0 Å². The maximum atomic E-state index is 13.2. The molecule has 3 aromatic rings. The summed E-state index contributed by atoms with van der Waals surface area (Å²) in [4.78, 5) is 16.5. The molecule has 4 rings (SSSR count). The number of fused-ring (bicyclic) bond motifs is 1. The quantitative estimate of drug-likeness (QED) is 0.434. The predicted octanol–water partition coefficient (Wildman–Crippen LogP) is 6.76. The minimum Gasteiger partial charge on any atom is -0.395 e. The van der Waals surface area contributed by atoms with Gasteiger partial charge in [-0.2, -0.15) is 0 Å². The van der Waals surface area contributed by atoms with Crippen LogP contribution in [-0.2, 0) is 0 Å². The fraction of sp³-hybridized carbons (Fsp3) is 0.143. The minimum atomic E-state index is -3.72. The van der Waals surface area contributed by atoms with E-state index in [0.717, 1.165) is 0 Å². The molecule has 0 fully saturated rings. The van der Waals surface area contributed by atoms with E-state index in [1.54, 1.807) is 36.4 Å². The van der Waals surface area contributed by atoms with Gasteiger partial charge in [-0.3, -0.25) is 4.79 Å². The standard InChI is InChI=1S/C19H10BrClF2N2O3.C2H6/c20-13-4-2-1-3-11(13)18(26)25-17-6-5-10(9-24-17)12-7-15-16(8-14(12)21)28-19(22,23)27-15;1-2/h1-9H,(H,24,25,26);1-2H3. The summed E-state index contributed by atoms with van der Waals surface area (Å²) in [6, 6.07) is 12.8. The minimum absolute atomic E-state index is 0.115. The number of aromatic nitrogens is 1. The van der Waals surface area contributed by atoms with E-state index >= 15 is 0 Å². The second kappa shape index (κ2) is 8.97. The molecule has 0 unspecified atom stereocenters. The number of rotatable bonds is 3. The molecule has 0 spiro atoms. The third kappa shape index (κ3) is 4.71. The molecule has 1 amide bonds. The van der Waals surface area contributed by atoms with Gasteiger partial charge in [-0.05, 0) is 46.3 Å². The van der Waals surface area contributed by atoms with Gasteiger partial charge in [-0.1, -0.05) is 37.6 Å². The van der Waals surface area contributed by atoms with Gasteiger partial charge in [-0.15, -0.1) is 8.78 Å². The van der Waals surface area contributed by atoms with Crippen molar-refractivity contribution in [3.63, 3.8) is 0 Å². The first-order valence-electron chi connectivity index (χ1n) is 8.94. The number of benzene rings is 2. The van der Waals surface area contributed by atoms with E-state index in [4.69, 9.17) is 11.6 Å². The van der Waals surface area contributed by atoms with Crippen molar-refractivity contribution in [2.45, 2.75) is 20.1 Å². The van der Waals surface area contributed by atoms with E-state index in [0.29, 0.717) is 27.0 Å². The highest BCUT2D eigenvalue weighted by atomic mass is 79.9. The van der Waals surface area contributed by atoms with Crippen LogP contribution in [0.4, 0.5) is 14.6 Å². The van der Waals surface area contributed by atoms with Crippen molar-refractivity contribution in [2.24, 2.45) is 0 Å². The lowest BCUT2D eigenvalue weighted by atomic mass is 10.1. The Balaban J connectivity index is 0.00000124. The summed E-state index contributed by atoms with van der Waals surface area (Å²) in [5.41, 5.74) is 1.47. The number of halogens is 4. The van der Waals surface area contributed by atoms with E-state index in [1.165, 1.54) is 18.3 Å². The molecule has 30 heavy (non-hydrogen) atoms. The number of carbonyl (C=O) groups excluding carboxylic acids is 1. The molecule has 2 heterocycles. The Morgan fingerprint density at radius 3 is 2.40 bits per heavy atom. The molecule has 0 radical (unpaired) electrons. The molecular formula is C21H16BrClF2N2O3. The van der Waals surface area contributed by atoms with Crippen molar-refractivity contribution in [3.8, 4) is 22.6 Å². The number of alkyl halides is 2. The molecule has 1 aliphatic rings. The van der Waals surface area contributed by atoms with Crippen LogP contribution in [0.15, 0.2) is 59.2 Å². The highest BCUT2D eigenvalue weighted by molar-refractivity contribution is 9.10. The van der Waals surface area contributed by atoms with Crippen molar-refractivity contribution in [1.29, 1.82) is 0 Å². The lowest BCUT2D eigenvalue weighted by Gasteiger charge is -2.08. The van der Waals surface area contributed by atoms with Gasteiger partial charge in [0, 0.05) is 27.9 Å². The summed E-state index contributed by atoms with van der Waals surface area (Å²) in [5.74, 6) is -0.247. The fourth-order valence-corrected chi connectivity index (χ4v) is 3.38. The van der Waals surface area contributed by atoms with Gasteiger partial charge in [0.1, 0.15) is 5.82 Å². The maximum absolute atomic E-state index is 13.2. The SMILES string of the molecule is CC.O=C(Nc1ccc(-c2cc3c(cc2Cl)OC(F)(F)O3)cn1)c1ccccc1Br. The monoisotopic (exact) mass is 496 g/mol. The number of nitrogens with one attached hydrogen (secondary N) is 1.